The molecule has 0 fully saturated rings. The van der Waals surface area contributed by atoms with Crippen LogP contribution in [0.5, 0.6) is 0 Å². The van der Waals surface area contributed by atoms with E-state index in [0.29, 0.717) is 0 Å². The Morgan fingerprint density at radius 3 is 0.889 bits per heavy atom. The average molecular weight is 421 g/mol. The summed E-state index contributed by atoms with van der Waals surface area (Å²) >= 11 is 0. The molecule has 0 radical (unpaired) electrons. The fourth-order valence-electron chi connectivity index (χ4n) is 2.66. The van der Waals surface area contributed by atoms with E-state index in [-0.39, 0.29) is 54.0 Å². The Labute approximate surface area is 174 Å². The van der Waals surface area contributed by atoms with Gasteiger partial charge in [0.05, 0.1) is 22.4 Å². The highest BCUT2D eigenvalue weighted by Gasteiger charge is 2.26. The van der Waals surface area contributed by atoms with E-state index >= 15 is 0 Å². The van der Waals surface area contributed by atoms with Gasteiger partial charge in [0.25, 0.3) is 0 Å². The van der Waals surface area contributed by atoms with Crippen LogP contribution in [0.1, 0.15) is 83.1 Å². The molecule has 0 aliphatic rings. The van der Waals surface area contributed by atoms with Crippen LogP contribution in [0, 0.1) is 0 Å². The molecule has 4 nitrogen and oxygen atoms in total. The average Bonchev–Trinajstić information content (AvgIpc) is 2.29. The van der Waals surface area contributed by atoms with Crippen LogP contribution in [0.4, 0.5) is 0 Å². The van der Waals surface area contributed by atoms with Gasteiger partial charge in [-0.3, -0.25) is 0 Å². The van der Waals surface area contributed by atoms with E-state index in [4.69, 9.17) is 18.9 Å². The maximum atomic E-state index is 6.15. The molecule has 0 heterocycles. The molecule has 0 amide bonds. The molecule has 0 saturated heterocycles. The van der Waals surface area contributed by atoms with Gasteiger partial charge in [0.15, 0.2) is 12.6 Å². The van der Waals surface area contributed by atoms with Crippen molar-refractivity contribution >= 4 is 19.0 Å². The molecule has 0 bridgehead atoms. The summed E-state index contributed by atoms with van der Waals surface area (Å²) in [7, 11) is -0.400. The second-order valence-electron chi connectivity index (χ2n) is 11.4. The van der Waals surface area contributed by atoms with Gasteiger partial charge in [-0.25, -0.2) is 0 Å². The first-order valence-corrected chi connectivity index (χ1v) is 14.6. The summed E-state index contributed by atoms with van der Waals surface area (Å²) < 4.78 is 24.6. The zero-order valence-corrected chi connectivity index (χ0v) is 23.2. The van der Waals surface area contributed by atoms with Crippen molar-refractivity contribution in [1.29, 1.82) is 0 Å². The van der Waals surface area contributed by atoms with Crippen LogP contribution in [0.25, 0.3) is 0 Å². The van der Waals surface area contributed by atoms with Crippen LogP contribution in [0.3, 0.4) is 0 Å². The minimum Gasteiger partial charge on any atom is -0.347 e. The monoisotopic (exact) mass is 420 g/mol. The van der Waals surface area contributed by atoms with E-state index in [1.807, 2.05) is 0 Å². The molecule has 0 unspecified atom stereocenters. The second kappa shape index (κ2) is 10.9. The summed E-state index contributed by atoms with van der Waals surface area (Å²) in [5.41, 5.74) is 0.693. The molecular formula is C21H48O4Si2. The summed E-state index contributed by atoms with van der Waals surface area (Å²) in [6.07, 6.45) is -0.170. The van der Waals surface area contributed by atoms with Gasteiger partial charge in [-0.15, -0.1) is 0 Å². The first kappa shape index (κ1) is 27.3. The van der Waals surface area contributed by atoms with Gasteiger partial charge in [-0.1, -0.05) is 5.67 Å². The van der Waals surface area contributed by atoms with Crippen molar-refractivity contribution in [1.82, 2.24) is 0 Å². The third-order valence-electron chi connectivity index (χ3n) is 3.32. The summed E-state index contributed by atoms with van der Waals surface area (Å²) in [6, 6.07) is 2.15. The molecule has 0 aromatic rings. The predicted octanol–water partition coefficient (Wildman–Crippen LogP) is 4.45. The van der Waals surface area contributed by atoms with Gasteiger partial charge in [-0.2, -0.15) is 0 Å². The van der Waals surface area contributed by atoms with Gasteiger partial charge in [0.2, 0.25) is 0 Å². The highest BCUT2D eigenvalue weighted by Crippen LogP contribution is 2.22. The smallest absolute Gasteiger partial charge is 0.156 e. The lowest BCUT2D eigenvalue weighted by Gasteiger charge is -2.33. The normalized spacial score (nSPS) is 15.3. The van der Waals surface area contributed by atoms with Crippen molar-refractivity contribution < 1.29 is 18.9 Å². The van der Waals surface area contributed by atoms with E-state index in [2.05, 4.69) is 83.1 Å². The molecule has 0 aromatic carbocycles. The Kier molecular flexibility index (Phi) is 11.0. The molecule has 0 aromatic heterocycles. The SMILES string of the molecule is CC(C)(C)OC(C[SiH2]C[SiH2]CC(OC(C)(C)C)OC(C)(C)C)OC(C)(C)C. The van der Waals surface area contributed by atoms with Crippen molar-refractivity contribution in [2.45, 2.75) is 136 Å². The van der Waals surface area contributed by atoms with Crippen LogP contribution in [-0.4, -0.2) is 54.0 Å². The van der Waals surface area contributed by atoms with E-state index in [0.717, 1.165) is 12.1 Å². The largest absolute Gasteiger partial charge is 0.347 e. The lowest BCUT2D eigenvalue weighted by atomic mass is 10.2. The molecule has 164 valence electrons. The molecule has 0 N–H and O–H groups in total. The van der Waals surface area contributed by atoms with Gasteiger partial charge < -0.3 is 18.9 Å². The molecule has 6 heteroatoms. The molecule has 0 atom stereocenters. The van der Waals surface area contributed by atoms with Crippen LogP contribution in [-0.2, 0) is 18.9 Å². The Hall–Kier alpha value is 0.274. The van der Waals surface area contributed by atoms with Crippen molar-refractivity contribution in [3.05, 3.63) is 0 Å². The molecule has 0 aliphatic heterocycles. The Morgan fingerprint density at radius 1 is 0.481 bits per heavy atom. The fourth-order valence-corrected chi connectivity index (χ4v) is 7.52. The Balaban J connectivity index is 4.46. The van der Waals surface area contributed by atoms with E-state index < -0.39 is 0 Å². The molecule has 0 spiro atoms. The maximum Gasteiger partial charge on any atom is 0.156 e. The zero-order chi connectivity index (χ0) is 21.5. The van der Waals surface area contributed by atoms with Crippen molar-refractivity contribution in [2.24, 2.45) is 0 Å². The maximum absolute atomic E-state index is 6.15. The number of rotatable bonds is 10. The summed E-state index contributed by atoms with van der Waals surface area (Å²) in [5, 5.41) is 0. The fraction of sp³-hybridized carbons (Fsp3) is 1.00. The minimum atomic E-state index is -0.200. The standard InChI is InChI=1S/C21H48O4Si2/c1-18(2,3)22-16(23-19(4,5)6)13-26-15-27-14-17(24-20(7,8)9)25-21(10,11)12/h16-17H,13-15,26-27H2,1-12H3. The van der Waals surface area contributed by atoms with E-state index in [9.17, 15) is 0 Å². The van der Waals surface area contributed by atoms with Crippen LogP contribution >= 0.6 is 0 Å². The number of hydrogen-bond donors (Lipinski definition) is 0. The minimum absolute atomic E-state index is 0.0851. The summed E-state index contributed by atoms with van der Waals surface area (Å²) in [5.74, 6) is 0. The molecular weight excluding hydrogens is 372 g/mol. The second-order valence-corrected chi connectivity index (χ2v) is 16.8. The Bertz CT molecular complexity index is 330. The first-order valence-electron chi connectivity index (χ1n) is 10.6. The molecule has 0 saturated carbocycles. The molecule has 0 rings (SSSR count). The van der Waals surface area contributed by atoms with Crippen molar-refractivity contribution in [2.75, 3.05) is 0 Å². The number of ether oxygens (including phenoxy) is 4. The van der Waals surface area contributed by atoms with Crippen molar-refractivity contribution in [3.63, 3.8) is 0 Å². The summed E-state index contributed by atoms with van der Waals surface area (Å²) in [6.45, 7) is 25.2. The van der Waals surface area contributed by atoms with Gasteiger partial charge in [0.1, 0.15) is 0 Å². The van der Waals surface area contributed by atoms with Crippen LogP contribution in [0.2, 0.25) is 17.8 Å². The molecule has 0 aliphatic carbocycles. The van der Waals surface area contributed by atoms with Gasteiger partial charge in [0, 0.05) is 19.0 Å². The topological polar surface area (TPSA) is 36.9 Å². The zero-order valence-electron chi connectivity index (χ0n) is 20.3. The highest BCUT2D eigenvalue weighted by molar-refractivity contribution is 6.55. The lowest BCUT2D eigenvalue weighted by molar-refractivity contribution is -0.224. The molecule has 27 heavy (non-hydrogen) atoms. The van der Waals surface area contributed by atoms with Gasteiger partial charge in [-0.05, 0) is 95.2 Å². The van der Waals surface area contributed by atoms with Crippen molar-refractivity contribution in [3.8, 4) is 0 Å². The Morgan fingerprint density at radius 2 is 0.704 bits per heavy atom. The van der Waals surface area contributed by atoms with Crippen LogP contribution < -0.4 is 0 Å². The number of hydrogen-bond acceptors (Lipinski definition) is 4. The van der Waals surface area contributed by atoms with Gasteiger partial charge >= 0.3 is 0 Å². The quantitative estimate of drug-likeness (QED) is 0.297. The third-order valence-corrected chi connectivity index (χ3v) is 9.08. The van der Waals surface area contributed by atoms with E-state index in [1.54, 1.807) is 0 Å². The first-order chi connectivity index (χ1) is 11.9. The third kappa shape index (κ3) is 19.4. The van der Waals surface area contributed by atoms with E-state index in [1.165, 1.54) is 5.67 Å². The highest BCUT2D eigenvalue weighted by atomic mass is 28.3. The lowest BCUT2D eigenvalue weighted by Crippen LogP contribution is -2.36. The summed E-state index contributed by atoms with van der Waals surface area (Å²) in [4.78, 5) is 0. The predicted molar refractivity (Wildman–Crippen MR) is 122 cm³/mol. The van der Waals surface area contributed by atoms with Crippen LogP contribution in [0.15, 0.2) is 0 Å².